The highest BCUT2D eigenvalue weighted by Crippen LogP contribution is 2.26. The van der Waals surface area contributed by atoms with Gasteiger partial charge < -0.3 is 10.1 Å². The molecule has 0 bridgehead atoms. The lowest BCUT2D eigenvalue weighted by molar-refractivity contribution is -0.129. The van der Waals surface area contributed by atoms with Gasteiger partial charge in [0.15, 0.2) is 0 Å². The lowest BCUT2D eigenvalue weighted by atomic mass is 9.88. The zero-order valence-corrected chi connectivity index (χ0v) is 13.9. The van der Waals surface area contributed by atoms with E-state index in [1.807, 2.05) is 24.3 Å². The van der Waals surface area contributed by atoms with E-state index in [2.05, 4.69) is 32.9 Å². The topological polar surface area (TPSA) is 92.8 Å². The van der Waals surface area contributed by atoms with E-state index in [1.165, 1.54) is 19.3 Å². The fraction of sp³-hybridized carbons (Fsp3) is 0.529. The van der Waals surface area contributed by atoms with E-state index in [-0.39, 0.29) is 18.6 Å². The minimum atomic E-state index is -0.0741. The SMILES string of the molecule is C[C@H]1CCCC[C@@H]1OCC(=O)NCc1ccc(-c2nn[nH]n2)cc1. The number of ether oxygens (including phenoxy) is 1. The van der Waals surface area contributed by atoms with Crippen LogP contribution >= 0.6 is 0 Å². The average Bonchev–Trinajstić information content (AvgIpc) is 3.14. The van der Waals surface area contributed by atoms with Gasteiger partial charge in [-0.3, -0.25) is 4.79 Å². The summed E-state index contributed by atoms with van der Waals surface area (Å²) in [4.78, 5) is 12.0. The smallest absolute Gasteiger partial charge is 0.246 e. The van der Waals surface area contributed by atoms with Crippen molar-refractivity contribution in [3.05, 3.63) is 29.8 Å². The minimum Gasteiger partial charge on any atom is -0.368 e. The molecular formula is C17H23N5O2. The van der Waals surface area contributed by atoms with Gasteiger partial charge >= 0.3 is 0 Å². The second-order valence-corrected chi connectivity index (χ2v) is 6.32. The van der Waals surface area contributed by atoms with Crippen LogP contribution in [0.25, 0.3) is 11.4 Å². The summed E-state index contributed by atoms with van der Waals surface area (Å²) >= 11 is 0. The van der Waals surface area contributed by atoms with Crippen molar-refractivity contribution in [1.82, 2.24) is 25.9 Å². The number of hydrogen-bond donors (Lipinski definition) is 2. The fourth-order valence-corrected chi connectivity index (χ4v) is 3.02. The average molecular weight is 329 g/mol. The number of carbonyl (C=O) groups is 1. The number of amides is 1. The van der Waals surface area contributed by atoms with E-state index in [0.717, 1.165) is 17.5 Å². The maximum atomic E-state index is 12.0. The Morgan fingerprint density at radius 2 is 2.08 bits per heavy atom. The molecule has 24 heavy (non-hydrogen) atoms. The van der Waals surface area contributed by atoms with E-state index in [4.69, 9.17) is 4.74 Å². The number of rotatable bonds is 6. The molecule has 1 aliphatic carbocycles. The third-order valence-corrected chi connectivity index (χ3v) is 4.51. The number of carbonyl (C=O) groups excluding carboxylic acids is 1. The van der Waals surface area contributed by atoms with Gasteiger partial charge in [-0.05, 0) is 29.5 Å². The van der Waals surface area contributed by atoms with Crippen LogP contribution in [0.1, 0.15) is 38.2 Å². The first-order chi connectivity index (χ1) is 11.7. The first-order valence-electron chi connectivity index (χ1n) is 8.43. The third-order valence-electron chi connectivity index (χ3n) is 4.51. The van der Waals surface area contributed by atoms with E-state index >= 15 is 0 Å². The van der Waals surface area contributed by atoms with Crippen LogP contribution in [0.2, 0.25) is 0 Å². The van der Waals surface area contributed by atoms with Crippen molar-refractivity contribution in [2.24, 2.45) is 5.92 Å². The summed E-state index contributed by atoms with van der Waals surface area (Å²) < 4.78 is 5.77. The first-order valence-corrected chi connectivity index (χ1v) is 8.43. The second kappa shape index (κ2) is 8.01. The maximum Gasteiger partial charge on any atom is 0.246 e. The molecule has 1 saturated carbocycles. The van der Waals surface area contributed by atoms with E-state index in [9.17, 15) is 4.79 Å². The minimum absolute atomic E-state index is 0.0741. The Kier molecular flexibility index (Phi) is 5.53. The molecule has 7 nitrogen and oxygen atoms in total. The maximum absolute atomic E-state index is 12.0. The Bertz CT molecular complexity index is 642. The van der Waals surface area contributed by atoms with Gasteiger partial charge in [-0.15, -0.1) is 10.2 Å². The van der Waals surface area contributed by atoms with Gasteiger partial charge in [-0.1, -0.05) is 44.0 Å². The number of benzene rings is 1. The van der Waals surface area contributed by atoms with Crippen molar-refractivity contribution in [2.75, 3.05) is 6.61 Å². The molecule has 1 amide bonds. The zero-order chi connectivity index (χ0) is 16.8. The second-order valence-electron chi connectivity index (χ2n) is 6.32. The van der Waals surface area contributed by atoms with Gasteiger partial charge in [-0.25, -0.2) is 0 Å². The monoisotopic (exact) mass is 329 g/mol. The van der Waals surface area contributed by atoms with Crippen LogP contribution in [0.4, 0.5) is 0 Å². The summed E-state index contributed by atoms with van der Waals surface area (Å²) in [6.45, 7) is 2.82. The lowest BCUT2D eigenvalue weighted by Gasteiger charge is -2.28. The van der Waals surface area contributed by atoms with Crippen LogP contribution < -0.4 is 5.32 Å². The van der Waals surface area contributed by atoms with Crippen LogP contribution in [0.15, 0.2) is 24.3 Å². The van der Waals surface area contributed by atoms with Crippen molar-refractivity contribution in [1.29, 1.82) is 0 Å². The number of nitrogens with one attached hydrogen (secondary N) is 2. The molecule has 0 saturated heterocycles. The molecule has 0 spiro atoms. The zero-order valence-electron chi connectivity index (χ0n) is 13.9. The van der Waals surface area contributed by atoms with Gasteiger partial charge in [0.2, 0.25) is 11.7 Å². The molecule has 0 radical (unpaired) electrons. The number of aromatic amines is 1. The summed E-state index contributed by atoms with van der Waals surface area (Å²) in [5.41, 5.74) is 1.90. The van der Waals surface area contributed by atoms with E-state index in [0.29, 0.717) is 18.3 Å². The van der Waals surface area contributed by atoms with Gasteiger partial charge in [0, 0.05) is 12.1 Å². The van der Waals surface area contributed by atoms with Gasteiger partial charge in [0.25, 0.3) is 0 Å². The molecule has 2 aromatic rings. The Morgan fingerprint density at radius 3 is 2.79 bits per heavy atom. The number of tetrazole rings is 1. The Labute approximate surface area is 141 Å². The normalized spacial score (nSPS) is 20.7. The highest BCUT2D eigenvalue weighted by atomic mass is 16.5. The summed E-state index contributed by atoms with van der Waals surface area (Å²) in [6.07, 6.45) is 4.94. The fourth-order valence-electron chi connectivity index (χ4n) is 3.02. The molecule has 1 aromatic heterocycles. The number of hydrogen-bond acceptors (Lipinski definition) is 5. The third kappa shape index (κ3) is 4.38. The van der Waals surface area contributed by atoms with Crippen molar-refractivity contribution in [3.8, 4) is 11.4 Å². The Morgan fingerprint density at radius 1 is 1.29 bits per heavy atom. The molecule has 1 heterocycles. The lowest BCUT2D eigenvalue weighted by Crippen LogP contribution is -2.32. The predicted molar refractivity (Wildman–Crippen MR) is 88.8 cm³/mol. The molecule has 7 heteroatoms. The highest BCUT2D eigenvalue weighted by molar-refractivity contribution is 5.77. The van der Waals surface area contributed by atoms with Crippen molar-refractivity contribution >= 4 is 5.91 Å². The van der Waals surface area contributed by atoms with E-state index in [1.54, 1.807) is 0 Å². The van der Waals surface area contributed by atoms with Crippen LogP contribution in [-0.4, -0.2) is 39.2 Å². The number of H-pyrrole nitrogens is 1. The molecule has 1 aromatic carbocycles. The molecule has 3 rings (SSSR count). The summed E-state index contributed by atoms with van der Waals surface area (Å²) in [5, 5.41) is 16.7. The van der Waals surface area contributed by atoms with Crippen LogP contribution in [0.3, 0.4) is 0 Å². The van der Waals surface area contributed by atoms with Crippen LogP contribution in [-0.2, 0) is 16.1 Å². The summed E-state index contributed by atoms with van der Waals surface area (Å²) in [7, 11) is 0. The number of aromatic nitrogens is 4. The van der Waals surface area contributed by atoms with Gasteiger partial charge in [-0.2, -0.15) is 5.21 Å². The van der Waals surface area contributed by atoms with Crippen molar-refractivity contribution in [3.63, 3.8) is 0 Å². The van der Waals surface area contributed by atoms with E-state index < -0.39 is 0 Å². The predicted octanol–water partition coefficient (Wildman–Crippen LogP) is 2.08. The molecule has 1 aliphatic rings. The molecule has 2 atom stereocenters. The molecular weight excluding hydrogens is 306 g/mol. The molecule has 128 valence electrons. The molecule has 2 N–H and O–H groups in total. The highest BCUT2D eigenvalue weighted by Gasteiger charge is 2.22. The number of nitrogens with zero attached hydrogens (tertiary/aromatic N) is 3. The van der Waals surface area contributed by atoms with Crippen molar-refractivity contribution < 1.29 is 9.53 Å². The van der Waals surface area contributed by atoms with Gasteiger partial charge in [0.1, 0.15) is 6.61 Å². The molecule has 1 fully saturated rings. The standard InChI is InChI=1S/C17H23N5O2/c1-12-4-2-3-5-15(12)24-11-16(23)18-10-13-6-8-14(9-7-13)17-19-21-22-20-17/h6-9,12,15H,2-5,10-11H2,1H3,(H,18,23)(H,19,20,21,22)/t12-,15-/m0/s1. The molecule has 0 unspecified atom stereocenters. The first kappa shape index (κ1) is 16.6. The Balaban J connectivity index is 1.42. The van der Waals surface area contributed by atoms with Gasteiger partial charge in [0.05, 0.1) is 6.10 Å². The summed E-state index contributed by atoms with van der Waals surface area (Å²) in [6, 6.07) is 7.70. The molecule has 0 aliphatic heterocycles. The van der Waals surface area contributed by atoms with Crippen molar-refractivity contribution in [2.45, 2.75) is 45.3 Å². The summed E-state index contributed by atoms with van der Waals surface area (Å²) in [5.74, 6) is 1.03. The Hall–Kier alpha value is -2.28. The quantitative estimate of drug-likeness (QED) is 0.846. The largest absolute Gasteiger partial charge is 0.368 e. The van der Waals surface area contributed by atoms with Crippen LogP contribution in [0, 0.1) is 5.92 Å². The van der Waals surface area contributed by atoms with Crippen LogP contribution in [0.5, 0.6) is 0 Å².